The normalized spacial score (nSPS) is 21.2. The second-order valence-electron chi connectivity index (χ2n) is 5.89. The molecule has 0 saturated carbocycles. The number of nitrogens with zero attached hydrogens (tertiary/aromatic N) is 1. The lowest BCUT2D eigenvalue weighted by molar-refractivity contribution is 0.406. The topological polar surface area (TPSA) is 5.90 Å². The molecule has 2 heteroatoms. The molecule has 17 heavy (non-hydrogen) atoms. The van der Waals surface area contributed by atoms with Crippen LogP contribution in [0.5, 0.6) is 0 Å². The van der Waals surface area contributed by atoms with Gasteiger partial charge < -0.3 is 4.81 Å². The van der Waals surface area contributed by atoms with Crippen molar-refractivity contribution in [2.24, 2.45) is 0 Å². The van der Waals surface area contributed by atoms with Gasteiger partial charge in [0.25, 0.3) is 0 Å². The molecule has 0 N–H and O–H groups in total. The largest absolute Gasteiger partial charge is 0.396 e. The smallest absolute Gasteiger partial charge is 0.210 e. The van der Waals surface area contributed by atoms with Crippen molar-refractivity contribution in [2.45, 2.75) is 40.2 Å². The minimum atomic E-state index is 0.152. The molecule has 1 nitrogen and oxygen atoms in total. The van der Waals surface area contributed by atoms with Crippen LogP contribution in [0.15, 0.2) is 30.3 Å². The first kappa shape index (κ1) is 12.7. The Hall–Kier alpha value is -0.755. The fourth-order valence-electron chi connectivity index (χ4n) is 2.44. The summed E-state index contributed by atoms with van der Waals surface area (Å²) in [5, 5.41) is 0. The summed E-state index contributed by atoms with van der Waals surface area (Å²) in [5.41, 5.74) is 1.53. The molecular formula is C15H21BN. The van der Waals surface area contributed by atoms with Gasteiger partial charge in [0, 0.05) is 5.92 Å². The third-order valence-electron chi connectivity index (χ3n) is 3.53. The molecule has 0 aliphatic carbocycles. The van der Waals surface area contributed by atoms with E-state index >= 15 is 0 Å². The van der Waals surface area contributed by atoms with Gasteiger partial charge >= 0.3 is 0 Å². The lowest BCUT2D eigenvalue weighted by Gasteiger charge is -2.37. The van der Waals surface area contributed by atoms with E-state index in [0.717, 1.165) is 0 Å². The molecule has 1 saturated heterocycles. The van der Waals surface area contributed by atoms with E-state index in [1.807, 2.05) is 0 Å². The van der Waals surface area contributed by atoms with Crippen LogP contribution in [-0.4, -0.2) is 12.4 Å². The Balaban J connectivity index is 2.35. The van der Waals surface area contributed by atoms with Gasteiger partial charge in [-0.15, -0.1) is 5.82 Å². The van der Waals surface area contributed by atoms with Crippen LogP contribution in [0.4, 0.5) is 0 Å². The molecule has 0 aromatic heterocycles. The second kappa shape index (κ2) is 4.49. The van der Waals surface area contributed by atoms with Crippen LogP contribution in [0.3, 0.4) is 0 Å². The van der Waals surface area contributed by atoms with Crippen molar-refractivity contribution in [3.05, 3.63) is 48.6 Å². The molecule has 1 aromatic rings. The van der Waals surface area contributed by atoms with Gasteiger partial charge in [-0.05, 0) is 20.8 Å². The molecule has 0 amide bonds. The lowest BCUT2D eigenvalue weighted by Crippen LogP contribution is -2.57. The van der Waals surface area contributed by atoms with Crippen LogP contribution >= 0.6 is 0 Å². The monoisotopic (exact) mass is 226 g/mol. The van der Waals surface area contributed by atoms with Crippen molar-refractivity contribution >= 4 is 12.3 Å². The summed E-state index contributed by atoms with van der Waals surface area (Å²) in [6, 6.07) is 10.8. The number of rotatable bonds is 1. The summed E-state index contributed by atoms with van der Waals surface area (Å²) in [5.74, 6) is 2.86. The van der Waals surface area contributed by atoms with Crippen LogP contribution in [-0.2, 0) is 0 Å². The van der Waals surface area contributed by atoms with E-state index in [0.29, 0.717) is 6.85 Å². The van der Waals surface area contributed by atoms with Crippen molar-refractivity contribution in [2.75, 3.05) is 0 Å². The van der Waals surface area contributed by atoms with Crippen LogP contribution in [0.25, 0.3) is 0 Å². The van der Waals surface area contributed by atoms with E-state index in [1.165, 1.54) is 17.2 Å². The van der Waals surface area contributed by atoms with Gasteiger partial charge in [0.15, 0.2) is 0 Å². The van der Waals surface area contributed by atoms with Crippen LogP contribution < -0.4 is 10.3 Å². The highest BCUT2D eigenvalue weighted by Gasteiger charge is 2.44. The molecule has 1 heterocycles. The molecule has 0 unspecified atom stereocenters. The third-order valence-corrected chi connectivity index (χ3v) is 3.53. The van der Waals surface area contributed by atoms with E-state index in [9.17, 15) is 0 Å². The lowest BCUT2D eigenvalue weighted by atomic mass is 9.45. The summed E-state index contributed by atoms with van der Waals surface area (Å²) in [6.07, 6.45) is 0. The van der Waals surface area contributed by atoms with Gasteiger partial charge in [-0.1, -0.05) is 44.2 Å². The molecule has 1 aliphatic heterocycles. The molecule has 5 radical (unpaired) electrons. The average molecular weight is 226 g/mol. The van der Waals surface area contributed by atoms with Crippen molar-refractivity contribution in [3.8, 4) is 0 Å². The van der Waals surface area contributed by atoms with E-state index in [2.05, 4.69) is 76.3 Å². The SMILES string of the molecule is C[C]1[CH][N+](C(C)(C)C)[B-](c2ccccc2)[C]1C. The Labute approximate surface area is 106 Å². The first-order valence-corrected chi connectivity index (χ1v) is 6.27. The standard InChI is InChI=1S/C15H21BN/c1-12-11-17(15(3,4)5)16(13(12)2)14-9-7-6-8-10-14/h6-11H,1-5H3. The highest BCUT2D eigenvalue weighted by molar-refractivity contribution is 6.79. The van der Waals surface area contributed by atoms with Gasteiger partial charge in [-0.3, -0.25) is 0 Å². The Morgan fingerprint density at radius 3 is 2.12 bits per heavy atom. The maximum absolute atomic E-state index is 2.47. The van der Waals surface area contributed by atoms with E-state index < -0.39 is 0 Å². The van der Waals surface area contributed by atoms with Gasteiger partial charge in [0.2, 0.25) is 6.85 Å². The molecule has 1 aliphatic rings. The quantitative estimate of drug-likeness (QED) is 0.649. The highest BCUT2D eigenvalue weighted by Crippen LogP contribution is 2.35. The molecule has 2 rings (SSSR count). The zero-order valence-corrected chi connectivity index (χ0v) is 11.5. The zero-order valence-electron chi connectivity index (χ0n) is 11.5. The predicted octanol–water partition coefficient (Wildman–Crippen LogP) is 2.73. The van der Waals surface area contributed by atoms with Crippen LogP contribution in [0, 0.1) is 18.3 Å². The predicted molar refractivity (Wildman–Crippen MR) is 75.9 cm³/mol. The molecule has 1 aromatic carbocycles. The Bertz CT molecular complexity index is 368. The average Bonchev–Trinajstić information content (AvgIpc) is 2.57. The summed E-state index contributed by atoms with van der Waals surface area (Å²) in [6.45, 7) is 14.0. The van der Waals surface area contributed by atoms with Gasteiger partial charge in [-0.25, -0.2) is 0 Å². The van der Waals surface area contributed by atoms with Gasteiger partial charge in [0.1, 0.15) is 6.54 Å². The third kappa shape index (κ3) is 2.42. The van der Waals surface area contributed by atoms with Crippen molar-refractivity contribution in [3.63, 3.8) is 0 Å². The minimum absolute atomic E-state index is 0.152. The van der Waals surface area contributed by atoms with Crippen molar-refractivity contribution in [1.29, 1.82) is 0 Å². The van der Waals surface area contributed by atoms with Gasteiger partial charge in [-0.2, -0.15) is 5.46 Å². The summed E-state index contributed by atoms with van der Waals surface area (Å²) in [4.78, 5) is 2.47. The molecule has 0 atom stereocenters. The molecule has 0 spiro atoms. The van der Waals surface area contributed by atoms with E-state index in [1.54, 1.807) is 0 Å². The number of hydrogen-bond acceptors (Lipinski definition) is 1. The van der Waals surface area contributed by atoms with E-state index in [4.69, 9.17) is 0 Å². The Morgan fingerprint density at radius 1 is 1.00 bits per heavy atom. The second-order valence-corrected chi connectivity index (χ2v) is 5.89. The first-order chi connectivity index (χ1) is 7.91. The maximum Gasteiger partial charge on any atom is 0.210 e. The number of hydrogen-bond donors (Lipinski definition) is 0. The maximum atomic E-state index is 2.47. The summed E-state index contributed by atoms with van der Waals surface area (Å²) < 4.78 is 0. The first-order valence-electron chi connectivity index (χ1n) is 6.27. The summed E-state index contributed by atoms with van der Waals surface area (Å²) >= 11 is 0. The minimum Gasteiger partial charge on any atom is -0.396 e. The molecular weight excluding hydrogens is 205 g/mol. The van der Waals surface area contributed by atoms with Crippen molar-refractivity contribution in [1.82, 2.24) is 4.81 Å². The Kier molecular flexibility index (Phi) is 3.35. The van der Waals surface area contributed by atoms with Crippen LogP contribution in [0.2, 0.25) is 0 Å². The van der Waals surface area contributed by atoms with E-state index in [-0.39, 0.29) is 5.54 Å². The zero-order chi connectivity index (χ0) is 12.6. The van der Waals surface area contributed by atoms with Crippen molar-refractivity contribution < 1.29 is 0 Å². The highest BCUT2D eigenvalue weighted by atomic mass is 15.1. The molecule has 89 valence electrons. The number of benzene rings is 1. The fourth-order valence-corrected chi connectivity index (χ4v) is 2.44. The molecule has 0 bridgehead atoms. The Morgan fingerprint density at radius 2 is 1.59 bits per heavy atom. The molecule has 1 fully saturated rings. The summed E-state index contributed by atoms with van der Waals surface area (Å²) in [7, 11) is 0. The van der Waals surface area contributed by atoms with Crippen LogP contribution in [0.1, 0.15) is 34.6 Å². The fraction of sp³-hybridized carbons (Fsp3) is 0.400. The van der Waals surface area contributed by atoms with Gasteiger partial charge in [0.05, 0.1) is 5.54 Å².